The van der Waals surface area contributed by atoms with Gasteiger partial charge < -0.3 is 15.2 Å². The van der Waals surface area contributed by atoms with Crippen LogP contribution in [0.2, 0.25) is 0 Å². The van der Waals surface area contributed by atoms with Crippen LogP contribution in [0.4, 0.5) is 10.2 Å². The molecular formula is C13H13BrFN3O2. The lowest BCUT2D eigenvalue weighted by molar-refractivity contribution is 0.128. The molecule has 1 aromatic carbocycles. The first-order chi connectivity index (χ1) is 9.58. The molecule has 2 aromatic rings. The SMILES string of the molecule is CCOCc1nc(N)cc(Oc2cc(F)ccc2Br)n1. The van der Waals surface area contributed by atoms with Crippen molar-refractivity contribution in [1.82, 2.24) is 9.97 Å². The van der Waals surface area contributed by atoms with Crippen LogP contribution in [0.25, 0.3) is 0 Å². The molecular weight excluding hydrogens is 329 g/mol. The third-order valence-electron chi connectivity index (χ3n) is 2.31. The number of ether oxygens (including phenoxy) is 2. The molecule has 0 saturated heterocycles. The third kappa shape index (κ3) is 3.88. The number of benzene rings is 1. The van der Waals surface area contributed by atoms with Gasteiger partial charge in [0.1, 0.15) is 24.0 Å². The van der Waals surface area contributed by atoms with Gasteiger partial charge in [-0.3, -0.25) is 0 Å². The van der Waals surface area contributed by atoms with E-state index in [0.717, 1.165) is 0 Å². The lowest BCUT2D eigenvalue weighted by atomic mass is 10.3. The van der Waals surface area contributed by atoms with Gasteiger partial charge in [-0.25, -0.2) is 9.37 Å². The summed E-state index contributed by atoms with van der Waals surface area (Å²) in [5, 5.41) is 0. The van der Waals surface area contributed by atoms with E-state index in [1.807, 2.05) is 6.92 Å². The summed E-state index contributed by atoms with van der Waals surface area (Å²) in [6.07, 6.45) is 0. The average Bonchev–Trinajstić information content (AvgIpc) is 2.40. The van der Waals surface area contributed by atoms with Crippen molar-refractivity contribution >= 4 is 21.7 Å². The summed E-state index contributed by atoms with van der Waals surface area (Å²) < 4.78 is 24.5. The topological polar surface area (TPSA) is 70.3 Å². The molecule has 106 valence electrons. The van der Waals surface area contributed by atoms with Crippen LogP contribution in [0.5, 0.6) is 11.6 Å². The number of rotatable bonds is 5. The van der Waals surface area contributed by atoms with Crippen LogP contribution in [0.15, 0.2) is 28.7 Å². The summed E-state index contributed by atoms with van der Waals surface area (Å²) in [6, 6.07) is 5.60. The Labute approximate surface area is 124 Å². The van der Waals surface area contributed by atoms with Crippen molar-refractivity contribution in [2.45, 2.75) is 13.5 Å². The van der Waals surface area contributed by atoms with Gasteiger partial charge in [-0.2, -0.15) is 4.98 Å². The summed E-state index contributed by atoms with van der Waals surface area (Å²) in [4.78, 5) is 8.18. The van der Waals surface area contributed by atoms with Gasteiger partial charge in [0, 0.05) is 18.7 Å². The Hall–Kier alpha value is -1.73. The number of hydrogen-bond donors (Lipinski definition) is 1. The fourth-order valence-corrected chi connectivity index (χ4v) is 1.80. The van der Waals surface area contributed by atoms with E-state index in [4.69, 9.17) is 15.2 Å². The van der Waals surface area contributed by atoms with E-state index < -0.39 is 5.82 Å². The predicted molar refractivity (Wildman–Crippen MR) is 75.9 cm³/mol. The van der Waals surface area contributed by atoms with Crippen molar-refractivity contribution in [1.29, 1.82) is 0 Å². The summed E-state index contributed by atoms with van der Waals surface area (Å²) in [5.41, 5.74) is 5.68. The van der Waals surface area contributed by atoms with Crippen molar-refractivity contribution in [3.8, 4) is 11.6 Å². The molecule has 1 aromatic heterocycles. The van der Waals surface area contributed by atoms with Gasteiger partial charge in [-0.15, -0.1) is 0 Å². The minimum atomic E-state index is -0.403. The molecule has 20 heavy (non-hydrogen) atoms. The van der Waals surface area contributed by atoms with Crippen molar-refractivity contribution in [2.75, 3.05) is 12.3 Å². The van der Waals surface area contributed by atoms with Crippen molar-refractivity contribution < 1.29 is 13.9 Å². The van der Waals surface area contributed by atoms with E-state index in [0.29, 0.717) is 22.7 Å². The Kier molecular flexibility index (Phi) is 4.86. The summed E-state index contributed by atoms with van der Waals surface area (Å²) in [6.45, 7) is 2.65. The van der Waals surface area contributed by atoms with Crippen LogP contribution in [0, 0.1) is 5.82 Å². The van der Waals surface area contributed by atoms with E-state index in [1.165, 1.54) is 18.2 Å². The molecule has 0 aliphatic rings. The lowest BCUT2D eigenvalue weighted by Gasteiger charge is -2.09. The molecule has 0 unspecified atom stereocenters. The number of halogens is 2. The molecule has 0 fully saturated rings. The maximum absolute atomic E-state index is 13.2. The second-order valence-electron chi connectivity index (χ2n) is 3.86. The monoisotopic (exact) mass is 341 g/mol. The first kappa shape index (κ1) is 14.7. The summed E-state index contributed by atoms with van der Waals surface area (Å²) >= 11 is 3.28. The van der Waals surface area contributed by atoms with Crippen LogP contribution in [0.3, 0.4) is 0 Å². The van der Waals surface area contributed by atoms with Crippen molar-refractivity contribution in [3.63, 3.8) is 0 Å². The average molecular weight is 342 g/mol. The Balaban J connectivity index is 2.24. The molecule has 0 atom stereocenters. The van der Waals surface area contributed by atoms with Gasteiger partial charge in [0.2, 0.25) is 5.88 Å². The van der Waals surface area contributed by atoms with Gasteiger partial charge in [0.15, 0.2) is 5.82 Å². The highest BCUT2D eigenvalue weighted by Gasteiger charge is 2.08. The molecule has 0 aliphatic carbocycles. The van der Waals surface area contributed by atoms with Crippen LogP contribution >= 0.6 is 15.9 Å². The quantitative estimate of drug-likeness (QED) is 0.903. The van der Waals surface area contributed by atoms with E-state index in [2.05, 4.69) is 25.9 Å². The predicted octanol–water partition coefficient (Wildman–Crippen LogP) is 3.29. The Bertz CT molecular complexity index is 610. The molecule has 0 saturated carbocycles. The molecule has 0 bridgehead atoms. The second kappa shape index (κ2) is 6.62. The van der Waals surface area contributed by atoms with Gasteiger partial charge in [0.05, 0.1) is 4.47 Å². The van der Waals surface area contributed by atoms with E-state index >= 15 is 0 Å². The minimum Gasteiger partial charge on any atom is -0.438 e. The zero-order valence-electron chi connectivity index (χ0n) is 10.8. The maximum Gasteiger partial charge on any atom is 0.224 e. The standard InChI is InChI=1S/C13H13BrFN3O2/c1-2-19-7-12-17-11(16)6-13(18-12)20-10-5-8(15)3-4-9(10)14/h3-6H,2,7H2,1H3,(H2,16,17,18). The first-order valence-electron chi connectivity index (χ1n) is 5.92. The van der Waals surface area contributed by atoms with Crippen LogP contribution < -0.4 is 10.5 Å². The van der Waals surface area contributed by atoms with Crippen LogP contribution in [-0.4, -0.2) is 16.6 Å². The normalized spacial score (nSPS) is 10.6. The van der Waals surface area contributed by atoms with Crippen molar-refractivity contribution in [2.24, 2.45) is 0 Å². The molecule has 2 N–H and O–H groups in total. The minimum absolute atomic E-state index is 0.235. The number of anilines is 1. The van der Waals surface area contributed by atoms with Gasteiger partial charge in [-0.05, 0) is 35.0 Å². The fraction of sp³-hybridized carbons (Fsp3) is 0.231. The number of hydrogen-bond acceptors (Lipinski definition) is 5. The van der Waals surface area contributed by atoms with Gasteiger partial charge in [-0.1, -0.05) is 0 Å². The molecule has 1 heterocycles. The zero-order valence-corrected chi connectivity index (χ0v) is 12.4. The number of aromatic nitrogens is 2. The number of nitrogens with two attached hydrogens (primary N) is 1. The lowest BCUT2D eigenvalue weighted by Crippen LogP contribution is -2.03. The van der Waals surface area contributed by atoms with Gasteiger partial charge in [0.25, 0.3) is 0 Å². The van der Waals surface area contributed by atoms with E-state index in [9.17, 15) is 4.39 Å². The highest BCUT2D eigenvalue weighted by atomic mass is 79.9. The fourth-order valence-electron chi connectivity index (χ4n) is 1.47. The Morgan fingerprint density at radius 2 is 2.10 bits per heavy atom. The molecule has 7 heteroatoms. The highest BCUT2D eigenvalue weighted by Crippen LogP contribution is 2.29. The van der Waals surface area contributed by atoms with Crippen molar-refractivity contribution in [3.05, 3.63) is 40.4 Å². The van der Waals surface area contributed by atoms with Gasteiger partial charge >= 0.3 is 0 Å². The van der Waals surface area contributed by atoms with Crippen LogP contribution in [0.1, 0.15) is 12.7 Å². The van der Waals surface area contributed by atoms with E-state index in [-0.39, 0.29) is 18.3 Å². The second-order valence-corrected chi connectivity index (χ2v) is 4.72. The Morgan fingerprint density at radius 1 is 1.30 bits per heavy atom. The maximum atomic E-state index is 13.2. The smallest absolute Gasteiger partial charge is 0.224 e. The van der Waals surface area contributed by atoms with Crippen LogP contribution in [-0.2, 0) is 11.3 Å². The van der Waals surface area contributed by atoms with E-state index in [1.54, 1.807) is 6.07 Å². The molecule has 0 amide bonds. The molecule has 2 rings (SSSR count). The summed E-state index contributed by atoms with van der Waals surface area (Å²) in [5.74, 6) is 0.815. The molecule has 5 nitrogen and oxygen atoms in total. The largest absolute Gasteiger partial charge is 0.438 e. The molecule has 0 radical (unpaired) electrons. The Morgan fingerprint density at radius 3 is 2.85 bits per heavy atom. The molecule has 0 spiro atoms. The number of nitrogens with zero attached hydrogens (tertiary/aromatic N) is 2. The third-order valence-corrected chi connectivity index (χ3v) is 2.97. The zero-order chi connectivity index (χ0) is 14.5. The number of nitrogen functional groups attached to an aromatic ring is 1. The first-order valence-corrected chi connectivity index (χ1v) is 6.72. The highest BCUT2D eigenvalue weighted by molar-refractivity contribution is 9.10. The molecule has 0 aliphatic heterocycles. The summed E-state index contributed by atoms with van der Waals surface area (Å²) in [7, 11) is 0.